The van der Waals surface area contributed by atoms with Crippen molar-refractivity contribution in [3.05, 3.63) is 23.8 Å². The highest BCUT2D eigenvalue weighted by Gasteiger charge is 2.22. The van der Waals surface area contributed by atoms with Gasteiger partial charge in [-0.05, 0) is 51.7 Å². The SMILES string of the molecule is CC(C)(C)OC(=O)Nc1cc(C=O)cc(OCC2CC2)c1. The fourth-order valence-electron chi connectivity index (χ4n) is 1.77. The number of nitrogens with one attached hydrogen (secondary N) is 1. The van der Waals surface area contributed by atoms with Crippen LogP contribution in [0.15, 0.2) is 18.2 Å². The Labute approximate surface area is 124 Å². The van der Waals surface area contributed by atoms with Gasteiger partial charge in [0.05, 0.1) is 6.61 Å². The summed E-state index contributed by atoms with van der Waals surface area (Å²) in [6.45, 7) is 6.02. The monoisotopic (exact) mass is 291 g/mol. The molecule has 1 fully saturated rings. The van der Waals surface area contributed by atoms with Crippen molar-refractivity contribution >= 4 is 18.1 Å². The number of hydrogen-bond acceptors (Lipinski definition) is 4. The lowest BCUT2D eigenvalue weighted by molar-refractivity contribution is 0.0635. The van der Waals surface area contributed by atoms with E-state index >= 15 is 0 Å². The zero-order chi connectivity index (χ0) is 15.5. The Morgan fingerprint density at radius 3 is 2.62 bits per heavy atom. The van der Waals surface area contributed by atoms with E-state index in [1.807, 2.05) is 0 Å². The van der Waals surface area contributed by atoms with Crippen LogP contribution in [0.4, 0.5) is 10.5 Å². The van der Waals surface area contributed by atoms with E-state index in [9.17, 15) is 9.59 Å². The number of amides is 1. The molecule has 0 atom stereocenters. The molecule has 5 heteroatoms. The van der Waals surface area contributed by atoms with E-state index in [-0.39, 0.29) is 0 Å². The smallest absolute Gasteiger partial charge is 0.412 e. The highest BCUT2D eigenvalue weighted by molar-refractivity contribution is 5.87. The van der Waals surface area contributed by atoms with Crippen molar-refractivity contribution in [2.75, 3.05) is 11.9 Å². The zero-order valence-corrected chi connectivity index (χ0v) is 12.6. The van der Waals surface area contributed by atoms with Crippen LogP contribution >= 0.6 is 0 Å². The molecule has 1 saturated carbocycles. The number of aldehydes is 1. The minimum Gasteiger partial charge on any atom is -0.493 e. The molecule has 114 valence electrons. The van der Waals surface area contributed by atoms with Crippen LogP contribution in [0.3, 0.4) is 0 Å². The summed E-state index contributed by atoms with van der Waals surface area (Å²) in [7, 11) is 0. The van der Waals surface area contributed by atoms with Gasteiger partial charge >= 0.3 is 6.09 Å². The van der Waals surface area contributed by atoms with Crippen LogP contribution in [0.5, 0.6) is 5.75 Å². The number of benzene rings is 1. The highest BCUT2D eigenvalue weighted by atomic mass is 16.6. The molecule has 1 aromatic carbocycles. The molecule has 0 unspecified atom stereocenters. The first kappa shape index (κ1) is 15.4. The quantitative estimate of drug-likeness (QED) is 0.841. The third kappa shape index (κ3) is 5.45. The molecular formula is C16H21NO4. The number of rotatable bonds is 5. The van der Waals surface area contributed by atoms with Gasteiger partial charge in [0, 0.05) is 17.3 Å². The number of carbonyl (C=O) groups excluding carboxylic acids is 2. The van der Waals surface area contributed by atoms with Gasteiger partial charge in [0.25, 0.3) is 0 Å². The lowest BCUT2D eigenvalue weighted by Crippen LogP contribution is -2.27. The molecule has 0 bridgehead atoms. The van der Waals surface area contributed by atoms with Crippen molar-refractivity contribution in [2.45, 2.75) is 39.2 Å². The second-order valence-corrected chi connectivity index (χ2v) is 6.29. The lowest BCUT2D eigenvalue weighted by Gasteiger charge is -2.20. The molecule has 5 nitrogen and oxygen atoms in total. The van der Waals surface area contributed by atoms with Gasteiger partial charge in [-0.1, -0.05) is 0 Å². The summed E-state index contributed by atoms with van der Waals surface area (Å²) < 4.78 is 10.8. The fraction of sp³-hybridized carbons (Fsp3) is 0.500. The van der Waals surface area contributed by atoms with Crippen molar-refractivity contribution in [3.63, 3.8) is 0 Å². The zero-order valence-electron chi connectivity index (χ0n) is 12.6. The first-order chi connectivity index (χ1) is 9.85. The maximum atomic E-state index is 11.8. The third-order valence-electron chi connectivity index (χ3n) is 2.89. The minimum atomic E-state index is -0.572. The predicted molar refractivity (Wildman–Crippen MR) is 79.9 cm³/mol. The van der Waals surface area contributed by atoms with Gasteiger partial charge < -0.3 is 9.47 Å². The normalized spacial score (nSPS) is 14.4. The van der Waals surface area contributed by atoms with E-state index in [4.69, 9.17) is 9.47 Å². The van der Waals surface area contributed by atoms with Gasteiger partial charge in [-0.2, -0.15) is 0 Å². The van der Waals surface area contributed by atoms with E-state index in [0.29, 0.717) is 29.5 Å². The first-order valence-electron chi connectivity index (χ1n) is 7.09. The molecule has 1 aromatic rings. The van der Waals surface area contributed by atoms with Gasteiger partial charge in [-0.3, -0.25) is 10.1 Å². The molecule has 0 spiro atoms. The Bertz CT molecular complexity index is 530. The number of hydrogen-bond donors (Lipinski definition) is 1. The van der Waals surface area contributed by atoms with E-state index < -0.39 is 11.7 Å². The number of ether oxygens (including phenoxy) is 2. The van der Waals surface area contributed by atoms with Crippen LogP contribution in [-0.4, -0.2) is 24.6 Å². The van der Waals surface area contributed by atoms with Gasteiger partial charge in [0.15, 0.2) is 0 Å². The summed E-state index contributed by atoms with van der Waals surface area (Å²) in [6.07, 6.45) is 2.55. The summed E-state index contributed by atoms with van der Waals surface area (Å²) in [6, 6.07) is 4.94. The topological polar surface area (TPSA) is 64.6 Å². The van der Waals surface area contributed by atoms with Crippen LogP contribution in [-0.2, 0) is 4.74 Å². The maximum absolute atomic E-state index is 11.8. The summed E-state index contributed by atoms with van der Waals surface area (Å²) in [4.78, 5) is 22.7. The van der Waals surface area contributed by atoms with Crippen molar-refractivity contribution < 1.29 is 19.1 Å². The van der Waals surface area contributed by atoms with Gasteiger partial charge in [-0.25, -0.2) is 4.79 Å². The maximum Gasteiger partial charge on any atom is 0.412 e. The Morgan fingerprint density at radius 1 is 1.33 bits per heavy atom. The van der Waals surface area contributed by atoms with Crippen molar-refractivity contribution in [1.82, 2.24) is 0 Å². The molecule has 0 heterocycles. The standard InChI is InChI=1S/C16H21NO4/c1-16(2,3)21-15(19)17-13-6-12(9-18)7-14(8-13)20-10-11-4-5-11/h6-9,11H,4-5,10H2,1-3H3,(H,17,19). The average Bonchev–Trinajstić information content (AvgIpc) is 3.17. The van der Waals surface area contributed by atoms with Crippen LogP contribution < -0.4 is 10.1 Å². The minimum absolute atomic E-state index is 0.453. The molecule has 21 heavy (non-hydrogen) atoms. The van der Waals surface area contributed by atoms with Crippen LogP contribution in [0.1, 0.15) is 44.0 Å². The number of carbonyl (C=O) groups is 2. The van der Waals surface area contributed by atoms with Crippen molar-refractivity contribution in [2.24, 2.45) is 5.92 Å². The van der Waals surface area contributed by atoms with E-state index in [0.717, 1.165) is 6.29 Å². The molecule has 2 rings (SSSR count). The fourth-order valence-corrected chi connectivity index (χ4v) is 1.77. The second-order valence-electron chi connectivity index (χ2n) is 6.29. The van der Waals surface area contributed by atoms with Gasteiger partial charge in [0.2, 0.25) is 0 Å². The molecule has 1 aliphatic rings. The molecule has 1 amide bonds. The van der Waals surface area contributed by atoms with Crippen LogP contribution in [0, 0.1) is 5.92 Å². The lowest BCUT2D eigenvalue weighted by atomic mass is 10.2. The molecular weight excluding hydrogens is 270 g/mol. The van der Waals surface area contributed by atoms with E-state index in [2.05, 4.69) is 5.32 Å². The predicted octanol–water partition coefficient (Wildman–Crippen LogP) is 3.63. The van der Waals surface area contributed by atoms with Crippen LogP contribution in [0.2, 0.25) is 0 Å². The Balaban J connectivity index is 2.04. The van der Waals surface area contributed by atoms with E-state index in [1.165, 1.54) is 12.8 Å². The summed E-state index contributed by atoms with van der Waals surface area (Å²) in [5, 5.41) is 2.62. The third-order valence-corrected chi connectivity index (χ3v) is 2.89. The summed E-state index contributed by atoms with van der Waals surface area (Å²) in [5.74, 6) is 1.20. The number of anilines is 1. The van der Waals surface area contributed by atoms with Gasteiger partial charge in [0.1, 0.15) is 17.6 Å². The Hall–Kier alpha value is -2.04. The van der Waals surface area contributed by atoms with E-state index in [1.54, 1.807) is 39.0 Å². The summed E-state index contributed by atoms with van der Waals surface area (Å²) >= 11 is 0. The van der Waals surface area contributed by atoms with Crippen LogP contribution in [0.25, 0.3) is 0 Å². The van der Waals surface area contributed by atoms with Crippen molar-refractivity contribution in [1.29, 1.82) is 0 Å². The Morgan fingerprint density at radius 2 is 2.05 bits per heavy atom. The summed E-state index contributed by atoms with van der Waals surface area (Å²) in [5.41, 5.74) is 0.367. The Kier molecular flexibility index (Phi) is 4.50. The van der Waals surface area contributed by atoms with Crippen molar-refractivity contribution in [3.8, 4) is 5.75 Å². The highest BCUT2D eigenvalue weighted by Crippen LogP contribution is 2.30. The first-order valence-corrected chi connectivity index (χ1v) is 7.09. The molecule has 0 saturated heterocycles. The van der Waals surface area contributed by atoms with Gasteiger partial charge in [-0.15, -0.1) is 0 Å². The largest absolute Gasteiger partial charge is 0.493 e. The molecule has 0 aromatic heterocycles. The molecule has 1 aliphatic carbocycles. The molecule has 0 radical (unpaired) electrons. The average molecular weight is 291 g/mol. The molecule has 0 aliphatic heterocycles. The second kappa shape index (κ2) is 6.16. The molecule has 1 N–H and O–H groups in total.